The molecular weight excluding hydrogens is 448 g/mol. The zero-order chi connectivity index (χ0) is 26.2. The highest BCUT2D eigenvalue weighted by atomic mass is 16.5. The van der Waals surface area contributed by atoms with Crippen LogP contribution in [0.25, 0.3) is 0 Å². The standard InChI is InChI=1S/C26H42N4O5/c1-5-9-22(31)30-24(18(3)4)26(34)29-21(11-7-8-16-27)25(33)28-20-14-12-19(13-15-20)17-35-23(32)10-6-2/h12-15,18,21,24H,5-11,16-17,27H2,1-4H3,(H,28,33)(H,29,34)(H,30,31)/t21-,24?/m0/s1. The van der Waals surface area contributed by atoms with Crippen LogP contribution in [-0.4, -0.2) is 42.3 Å². The molecule has 9 heteroatoms. The van der Waals surface area contributed by atoms with Crippen LogP contribution < -0.4 is 21.7 Å². The summed E-state index contributed by atoms with van der Waals surface area (Å²) >= 11 is 0. The molecule has 0 bridgehead atoms. The van der Waals surface area contributed by atoms with Gasteiger partial charge in [-0.2, -0.15) is 0 Å². The lowest BCUT2D eigenvalue weighted by Crippen LogP contribution is -2.54. The van der Waals surface area contributed by atoms with Crippen LogP contribution in [0.15, 0.2) is 24.3 Å². The molecule has 0 heterocycles. The van der Waals surface area contributed by atoms with Crippen molar-refractivity contribution in [1.29, 1.82) is 0 Å². The lowest BCUT2D eigenvalue weighted by molar-refractivity contribution is -0.145. The second-order valence-corrected chi connectivity index (χ2v) is 8.98. The van der Waals surface area contributed by atoms with Crippen LogP contribution in [0.1, 0.15) is 78.2 Å². The minimum absolute atomic E-state index is 0.137. The van der Waals surface area contributed by atoms with Crippen molar-refractivity contribution in [3.05, 3.63) is 29.8 Å². The van der Waals surface area contributed by atoms with Crippen molar-refractivity contribution in [3.63, 3.8) is 0 Å². The number of nitrogens with two attached hydrogens (primary N) is 1. The molecule has 0 radical (unpaired) electrons. The van der Waals surface area contributed by atoms with E-state index in [9.17, 15) is 19.2 Å². The van der Waals surface area contributed by atoms with Gasteiger partial charge in [0.25, 0.3) is 0 Å². The van der Waals surface area contributed by atoms with Gasteiger partial charge in [-0.3, -0.25) is 19.2 Å². The molecule has 0 spiro atoms. The molecule has 35 heavy (non-hydrogen) atoms. The minimum Gasteiger partial charge on any atom is -0.461 e. The molecule has 1 aromatic rings. The largest absolute Gasteiger partial charge is 0.461 e. The van der Waals surface area contributed by atoms with Crippen LogP contribution in [0.2, 0.25) is 0 Å². The molecule has 196 valence electrons. The number of hydrogen-bond acceptors (Lipinski definition) is 6. The first-order chi connectivity index (χ1) is 16.7. The maximum Gasteiger partial charge on any atom is 0.306 e. The summed E-state index contributed by atoms with van der Waals surface area (Å²) in [5.74, 6) is -1.30. The van der Waals surface area contributed by atoms with E-state index in [1.165, 1.54) is 0 Å². The summed E-state index contributed by atoms with van der Waals surface area (Å²) in [7, 11) is 0. The predicted octanol–water partition coefficient (Wildman–Crippen LogP) is 3.02. The summed E-state index contributed by atoms with van der Waals surface area (Å²) in [6, 6.07) is 5.49. The van der Waals surface area contributed by atoms with Crippen LogP contribution in [0.4, 0.5) is 5.69 Å². The van der Waals surface area contributed by atoms with Crippen molar-refractivity contribution in [2.75, 3.05) is 11.9 Å². The fourth-order valence-electron chi connectivity index (χ4n) is 3.38. The Balaban J connectivity index is 2.82. The van der Waals surface area contributed by atoms with Gasteiger partial charge in [0.1, 0.15) is 18.7 Å². The molecule has 1 rings (SSSR count). The third kappa shape index (κ3) is 11.8. The predicted molar refractivity (Wildman–Crippen MR) is 136 cm³/mol. The Kier molecular flexibility index (Phi) is 14.3. The van der Waals surface area contributed by atoms with Gasteiger partial charge in [-0.1, -0.05) is 39.8 Å². The third-order valence-corrected chi connectivity index (χ3v) is 5.40. The molecule has 2 atom stereocenters. The van der Waals surface area contributed by atoms with Crippen molar-refractivity contribution < 1.29 is 23.9 Å². The summed E-state index contributed by atoms with van der Waals surface area (Å²) in [4.78, 5) is 49.6. The monoisotopic (exact) mass is 490 g/mol. The fourth-order valence-corrected chi connectivity index (χ4v) is 3.38. The van der Waals surface area contributed by atoms with Crippen molar-refractivity contribution in [3.8, 4) is 0 Å². The smallest absolute Gasteiger partial charge is 0.306 e. The highest BCUT2D eigenvalue weighted by Gasteiger charge is 2.28. The molecule has 0 saturated carbocycles. The Hall–Kier alpha value is -2.94. The van der Waals surface area contributed by atoms with E-state index < -0.39 is 12.1 Å². The van der Waals surface area contributed by atoms with Gasteiger partial charge in [-0.15, -0.1) is 0 Å². The Morgan fingerprint density at radius 3 is 2.14 bits per heavy atom. The summed E-state index contributed by atoms with van der Waals surface area (Å²) in [5, 5.41) is 8.43. The zero-order valence-electron chi connectivity index (χ0n) is 21.5. The van der Waals surface area contributed by atoms with Gasteiger partial charge in [0.15, 0.2) is 0 Å². The third-order valence-electron chi connectivity index (χ3n) is 5.40. The number of benzene rings is 1. The zero-order valence-corrected chi connectivity index (χ0v) is 21.5. The normalized spacial score (nSPS) is 12.5. The Morgan fingerprint density at radius 1 is 0.914 bits per heavy atom. The van der Waals surface area contributed by atoms with E-state index >= 15 is 0 Å². The van der Waals surface area contributed by atoms with Gasteiger partial charge in [0, 0.05) is 18.5 Å². The van der Waals surface area contributed by atoms with E-state index in [-0.39, 0.29) is 36.2 Å². The molecule has 0 fully saturated rings. The van der Waals surface area contributed by atoms with Gasteiger partial charge in [0.05, 0.1) is 0 Å². The summed E-state index contributed by atoms with van der Waals surface area (Å²) in [5.41, 5.74) is 6.97. The topological polar surface area (TPSA) is 140 Å². The summed E-state index contributed by atoms with van der Waals surface area (Å²) in [6.07, 6.45) is 3.96. The number of rotatable bonds is 16. The molecule has 0 aromatic heterocycles. The molecule has 5 N–H and O–H groups in total. The highest BCUT2D eigenvalue weighted by molar-refractivity contribution is 5.98. The number of carbonyl (C=O) groups excluding carboxylic acids is 4. The fraction of sp³-hybridized carbons (Fsp3) is 0.615. The van der Waals surface area contributed by atoms with E-state index in [1.807, 2.05) is 27.7 Å². The maximum atomic E-state index is 13.0. The van der Waals surface area contributed by atoms with Crippen molar-refractivity contribution in [2.24, 2.45) is 11.7 Å². The first-order valence-electron chi connectivity index (χ1n) is 12.6. The number of carbonyl (C=O) groups is 4. The quantitative estimate of drug-likeness (QED) is 0.207. The lowest BCUT2D eigenvalue weighted by atomic mass is 10.0. The first kappa shape index (κ1) is 30.1. The van der Waals surface area contributed by atoms with E-state index in [2.05, 4.69) is 16.0 Å². The van der Waals surface area contributed by atoms with Gasteiger partial charge >= 0.3 is 5.97 Å². The van der Waals surface area contributed by atoms with Gasteiger partial charge in [0.2, 0.25) is 17.7 Å². The molecule has 0 aliphatic carbocycles. The van der Waals surface area contributed by atoms with Crippen LogP contribution in [0.5, 0.6) is 0 Å². The van der Waals surface area contributed by atoms with E-state index in [4.69, 9.17) is 10.5 Å². The molecule has 1 unspecified atom stereocenters. The van der Waals surface area contributed by atoms with Crippen LogP contribution >= 0.6 is 0 Å². The molecular formula is C26H42N4O5. The van der Waals surface area contributed by atoms with E-state index in [0.29, 0.717) is 44.3 Å². The molecule has 3 amide bonds. The van der Waals surface area contributed by atoms with Crippen molar-refractivity contribution >= 4 is 29.4 Å². The number of anilines is 1. The summed E-state index contributed by atoms with van der Waals surface area (Å²) in [6.45, 7) is 8.17. The van der Waals surface area contributed by atoms with Crippen molar-refractivity contribution in [2.45, 2.75) is 91.3 Å². The van der Waals surface area contributed by atoms with Crippen molar-refractivity contribution in [1.82, 2.24) is 10.6 Å². The van der Waals surface area contributed by atoms with E-state index in [0.717, 1.165) is 18.4 Å². The lowest BCUT2D eigenvalue weighted by Gasteiger charge is -2.25. The Morgan fingerprint density at radius 2 is 1.57 bits per heavy atom. The van der Waals surface area contributed by atoms with E-state index in [1.54, 1.807) is 24.3 Å². The second-order valence-electron chi connectivity index (χ2n) is 8.98. The highest BCUT2D eigenvalue weighted by Crippen LogP contribution is 2.13. The maximum absolute atomic E-state index is 13.0. The SMILES string of the molecule is CCCC(=O)NC(C(=O)N[C@@H](CCCCN)C(=O)Nc1ccc(COC(=O)CCC)cc1)C(C)C. The number of unbranched alkanes of at least 4 members (excludes halogenated alkanes) is 1. The first-order valence-corrected chi connectivity index (χ1v) is 12.6. The second kappa shape index (κ2) is 16.6. The molecule has 0 saturated heterocycles. The Labute approximate surface area is 208 Å². The van der Waals surface area contributed by atoms with Crippen LogP contribution in [0, 0.1) is 5.92 Å². The van der Waals surface area contributed by atoms with Gasteiger partial charge < -0.3 is 26.4 Å². The molecule has 1 aromatic carbocycles. The number of ether oxygens (including phenoxy) is 1. The minimum atomic E-state index is -0.770. The molecule has 0 aliphatic rings. The van der Waals surface area contributed by atoms with Crippen LogP contribution in [0.3, 0.4) is 0 Å². The molecule has 0 aliphatic heterocycles. The average molecular weight is 491 g/mol. The number of hydrogen-bond donors (Lipinski definition) is 4. The van der Waals surface area contributed by atoms with Gasteiger partial charge in [-0.25, -0.2) is 0 Å². The molecule has 9 nitrogen and oxygen atoms in total. The van der Waals surface area contributed by atoms with Crippen LogP contribution in [-0.2, 0) is 30.5 Å². The Bertz CT molecular complexity index is 810. The average Bonchev–Trinajstić information content (AvgIpc) is 2.81. The number of amides is 3. The number of esters is 1. The summed E-state index contributed by atoms with van der Waals surface area (Å²) < 4.78 is 5.20. The number of nitrogens with one attached hydrogen (secondary N) is 3. The van der Waals surface area contributed by atoms with Gasteiger partial charge in [-0.05, 0) is 62.3 Å².